The molecule has 2 rings (SSSR count). The van der Waals surface area contributed by atoms with Crippen LogP contribution in [0.15, 0.2) is 34.8 Å². The van der Waals surface area contributed by atoms with Gasteiger partial charge in [-0.05, 0) is 81.3 Å². The summed E-state index contributed by atoms with van der Waals surface area (Å²) in [5.74, 6) is 1.54. The zero-order valence-corrected chi connectivity index (χ0v) is 16.8. The van der Waals surface area contributed by atoms with Crippen molar-refractivity contribution in [2.75, 3.05) is 19.0 Å². The molecule has 0 aliphatic rings. The van der Waals surface area contributed by atoms with E-state index in [9.17, 15) is 0 Å². The minimum absolute atomic E-state index is 0.603. The number of benzene rings is 2. The van der Waals surface area contributed by atoms with Gasteiger partial charge in [-0.15, -0.1) is 0 Å². The second kappa shape index (κ2) is 8.26. The van der Waals surface area contributed by atoms with Crippen molar-refractivity contribution in [2.24, 2.45) is 0 Å². The third-order valence-corrected chi connectivity index (χ3v) is 5.02. The Morgan fingerprint density at radius 1 is 1.27 bits per heavy atom. The van der Waals surface area contributed by atoms with Gasteiger partial charge in [-0.3, -0.25) is 0 Å². The lowest BCUT2D eigenvalue weighted by atomic mass is 10.2. The molecule has 0 bridgehead atoms. The number of hydrogen-bond donors (Lipinski definition) is 1. The maximum absolute atomic E-state index is 6.10. The van der Waals surface area contributed by atoms with E-state index in [0.29, 0.717) is 18.2 Å². The summed E-state index contributed by atoms with van der Waals surface area (Å²) in [5, 5.41) is 4.04. The highest BCUT2D eigenvalue weighted by molar-refractivity contribution is 14.1. The van der Waals surface area contributed by atoms with Gasteiger partial charge in [0.2, 0.25) is 0 Å². The highest BCUT2D eigenvalue weighted by atomic mass is 127. The highest BCUT2D eigenvalue weighted by Crippen LogP contribution is 2.34. The lowest BCUT2D eigenvalue weighted by molar-refractivity contribution is 0.309. The first-order chi connectivity index (χ1) is 10.5. The minimum Gasteiger partial charge on any atom is -0.492 e. The molecule has 6 heteroatoms. The molecule has 0 radical (unpaired) electrons. The highest BCUT2D eigenvalue weighted by Gasteiger charge is 2.11. The molecule has 0 heterocycles. The lowest BCUT2D eigenvalue weighted by Gasteiger charge is -2.14. The van der Waals surface area contributed by atoms with Crippen molar-refractivity contribution in [3.8, 4) is 11.5 Å². The summed E-state index contributed by atoms with van der Waals surface area (Å²) in [6.45, 7) is 3.24. The van der Waals surface area contributed by atoms with Crippen molar-refractivity contribution < 1.29 is 9.47 Å². The molecule has 1 N–H and O–H groups in total. The number of hydrogen-bond acceptors (Lipinski definition) is 3. The molecule has 3 nitrogen and oxygen atoms in total. The molecule has 0 aliphatic heterocycles. The fourth-order valence-electron chi connectivity index (χ4n) is 1.99. The van der Waals surface area contributed by atoms with Gasteiger partial charge in [-0.1, -0.05) is 11.6 Å². The topological polar surface area (TPSA) is 30.5 Å². The Hall–Kier alpha value is -0.660. The first-order valence-corrected chi connectivity index (χ1v) is 8.98. The van der Waals surface area contributed by atoms with Gasteiger partial charge in [-0.2, -0.15) is 0 Å². The van der Waals surface area contributed by atoms with Gasteiger partial charge in [0.15, 0.2) is 11.5 Å². The maximum Gasteiger partial charge on any atom is 0.174 e. The molecule has 2 aromatic carbocycles. The van der Waals surface area contributed by atoms with E-state index in [1.165, 1.54) is 0 Å². The summed E-state index contributed by atoms with van der Waals surface area (Å²) in [7, 11) is 1.65. The van der Waals surface area contributed by atoms with Crippen LogP contribution in [0.1, 0.15) is 12.5 Å². The van der Waals surface area contributed by atoms with Crippen LogP contribution in [0.25, 0.3) is 0 Å². The molecular formula is C16H16BrClINO2. The van der Waals surface area contributed by atoms with Gasteiger partial charge < -0.3 is 14.8 Å². The van der Waals surface area contributed by atoms with E-state index in [1.807, 2.05) is 31.2 Å². The molecule has 0 aliphatic carbocycles. The normalized spacial score (nSPS) is 10.4. The lowest BCUT2D eigenvalue weighted by Crippen LogP contribution is -2.03. The van der Waals surface area contributed by atoms with Crippen molar-refractivity contribution in [1.82, 2.24) is 0 Å². The Balaban J connectivity index is 2.17. The van der Waals surface area contributed by atoms with Crippen LogP contribution in [0, 0.1) is 3.57 Å². The zero-order chi connectivity index (χ0) is 16.1. The number of nitrogens with one attached hydrogen (secondary N) is 1. The zero-order valence-electron chi connectivity index (χ0n) is 12.3. The standard InChI is InChI=1S/C16H16BrClINO2/c1-3-22-15-7-10(6-14(19)16(15)21-2)9-20-11-4-5-12(17)13(18)8-11/h4-8,20H,3,9H2,1-2H3. The predicted molar refractivity (Wildman–Crippen MR) is 103 cm³/mol. The molecule has 118 valence electrons. The van der Waals surface area contributed by atoms with Crippen LogP contribution in [0.3, 0.4) is 0 Å². The Kier molecular flexibility index (Phi) is 6.65. The number of halogens is 3. The van der Waals surface area contributed by atoms with E-state index >= 15 is 0 Å². The first-order valence-electron chi connectivity index (χ1n) is 6.73. The average molecular weight is 497 g/mol. The smallest absolute Gasteiger partial charge is 0.174 e. The fourth-order valence-corrected chi connectivity index (χ4v) is 3.31. The van der Waals surface area contributed by atoms with Gasteiger partial charge in [-0.25, -0.2) is 0 Å². The second-order valence-electron chi connectivity index (χ2n) is 4.52. The Bertz CT molecular complexity index is 667. The molecule has 0 unspecified atom stereocenters. The van der Waals surface area contributed by atoms with E-state index in [1.54, 1.807) is 7.11 Å². The van der Waals surface area contributed by atoms with Crippen molar-refractivity contribution in [3.63, 3.8) is 0 Å². The molecule has 2 aromatic rings. The van der Waals surface area contributed by atoms with Crippen LogP contribution in [0.4, 0.5) is 5.69 Å². The Labute approximate surface area is 157 Å². The monoisotopic (exact) mass is 495 g/mol. The number of anilines is 1. The van der Waals surface area contributed by atoms with Crippen LogP contribution in [-0.4, -0.2) is 13.7 Å². The third kappa shape index (κ3) is 4.43. The number of methoxy groups -OCH3 is 1. The maximum atomic E-state index is 6.10. The molecule has 0 spiro atoms. The molecular weight excluding hydrogens is 480 g/mol. The average Bonchev–Trinajstić information content (AvgIpc) is 2.49. The Morgan fingerprint density at radius 2 is 2.05 bits per heavy atom. The molecule has 0 amide bonds. The minimum atomic E-state index is 0.603. The van der Waals surface area contributed by atoms with Gasteiger partial charge in [0, 0.05) is 16.7 Å². The molecule has 0 saturated carbocycles. The fraction of sp³-hybridized carbons (Fsp3) is 0.250. The second-order valence-corrected chi connectivity index (χ2v) is 6.95. The summed E-state index contributed by atoms with van der Waals surface area (Å²) in [5.41, 5.74) is 2.09. The molecule has 0 aromatic heterocycles. The van der Waals surface area contributed by atoms with Crippen LogP contribution < -0.4 is 14.8 Å². The van der Waals surface area contributed by atoms with Crippen molar-refractivity contribution >= 4 is 55.8 Å². The predicted octanol–water partition coefficient (Wildman–Crippen LogP) is 5.73. The summed E-state index contributed by atoms with van der Waals surface area (Å²) in [6.07, 6.45) is 0. The molecule has 0 saturated heterocycles. The molecule has 0 atom stereocenters. The van der Waals surface area contributed by atoms with Crippen molar-refractivity contribution in [1.29, 1.82) is 0 Å². The Morgan fingerprint density at radius 3 is 2.68 bits per heavy atom. The van der Waals surface area contributed by atoms with Crippen LogP contribution in [0.5, 0.6) is 11.5 Å². The summed E-state index contributed by atoms with van der Waals surface area (Å²) in [6, 6.07) is 9.87. The summed E-state index contributed by atoms with van der Waals surface area (Å²) in [4.78, 5) is 0. The number of ether oxygens (including phenoxy) is 2. The largest absolute Gasteiger partial charge is 0.492 e. The van der Waals surface area contributed by atoms with E-state index in [0.717, 1.165) is 30.8 Å². The van der Waals surface area contributed by atoms with Crippen LogP contribution >= 0.6 is 50.1 Å². The summed E-state index contributed by atoms with van der Waals surface area (Å²) < 4.78 is 13.0. The van der Waals surface area contributed by atoms with Crippen molar-refractivity contribution in [2.45, 2.75) is 13.5 Å². The van der Waals surface area contributed by atoms with E-state index < -0.39 is 0 Å². The van der Waals surface area contributed by atoms with Crippen LogP contribution in [-0.2, 0) is 6.54 Å². The van der Waals surface area contributed by atoms with Gasteiger partial charge in [0.1, 0.15) is 0 Å². The molecule has 0 fully saturated rings. The number of rotatable bonds is 6. The van der Waals surface area contributed by atoms with Gasteiger partial charge in [0.05, 0.1) is 22.3 Å². The summed E-state index contributed by atoms with van der Waals surface area (Å²) >= 11 is 11.7. The van der Waals surface area contributed by atoms with Crippen LogP contribution in [0.2, 0.25) is 5.02 Å². The van der Waals surface area contributed by atoms with Gasteiger partial charge >= 0.3 is 0 Å². The molecule has 22 heavy (non-hydrogen) atoms. The van der Waals surface area contributed by atoms with E-state index in [-0.39, 0.29) is 0 Å². The third-order valence-electron chi connectivity index (χ3n) is 2.99. The van der Waals surface area contributed by atoms with E-state index in [4.69, 9.17) is 21.1 Å². The SMILES string of the molecule is CCOc1cc(CNc2ccc(Br)c(Cl)c2)cc(I)c1OC. The first kappa shape index (κ1) is 17.7. The quantitative estimate of drug-likeness (QED) is 0.519. The van der Waals surface area contributed by atoms with E-state index in [2.05, 4.69) is 49.9 Å². The van der Waals surface area contributed by atoms with Gasteiger partial charge in [0.25, 0.3) is 0 Å². The van der Waals surface area contributed by atoms with Crippen molar-refractivity contribution in [3.05, 3.63) is 49.0 Å².